The Kier molecular flexibility index (Phi) is 5.67. The van der Waals surface area contributed by atoms with Crippen LogP contribution in [0.4, 0.5) is 18.9 Å². The minimum Gasteiger partial charge on any atom is -0.449 e. The fourth-order valence-electron chi connectivity index (χ4n) is 2.53. The van der Waals surface area contributed by atoms with E-state index in [1.165, 1.54) is 31.2 Å². The van der Waals surface area contributed by atoms with Crippen molar-refractivity contribution < 1.29 is 27.5 Å². The normalized spacial score (nSPS) is 12.3. The average molecular weight is 403 g/mol. The van der Waals surface area contributed by atoms with Crippen molar-refractivity contribution in [1.82, 2.24) is 9.78 Å². The van der Waals surface area contributed by atoms with Crippen molar-refractivity contribution >= 4 is 17.6 Å². The molecule has 1 amide bonds. The zero-order valence-electron chi connectivity index (χ0n) is 15.2. The molecule has 3 aromatic rings. The van der Waals surface area contributed by atoms with Gasteiger partial charge in [-0.2, -0.15) is 18.3 Å². The van der Waals surface area contributed by atoms with Crippen LogP contribution in [0, 0.1) is 0 Å². The molecule has 0 radical (unpaired) electrons. The summed E-state index contributed by atoms with van der Waals surface area (Å²) >= 11 is 0. The zero-order chi connectivity index (χ0) is 21.0. The highest BCUT2D eigenvalue weighted by Gasteiger charge is 2.34. The van der Waals surface area contributed by atoms with Gasteiger partial charge >= 0.3 is 12.1 Å². The minimum absolute atomic E-state index is 0.191. The van der Waals surface area contributed by atoms with Crippen molar-refractivity contribution in [2.45, 2.75) is 19.2 Å². The molecule has 6 nitrogen and oxygen atoms in total. The molecule has 0 spiro atoms. The lowest BCUT2D eigenvalue weighted by atomic mass is 10.1. The molecule has 1 N–H and O–H groups in total. The average Bonchev–Trinajstić information content (AvgIpc) is 3.22. The van der Waals surface area contributed by atoms with E-state index >= 15 is 0 Å². The number of rotatable bonds is 5. The van der Waals surface area contributed by atoms with Crippen LogP contribution in [0.2, 0.25) is 0 Å². The SMILES string of the molecule is C[C@H](OC(=O)c1ccc(-n2cccn2)cc1)C(=O)Nc1ccccc1C(F)(F)F. The van der Waals surface area contributed by atoms with Crippen LogP contribution >= 0.6 is 0 Å². The second kappa shape index (κ2) is 8.17. The Bertz CT molecular complexity index is 1000. The molecule has 0 aliphatic carbocycles. The highest BCUT2D eigenvalue weighted by molar-refractivity contribution is 5.97. The Balaban J connectivity index is 1.65. The number of hydrogen-bond donors (Lipinski definition) is 1. The van der Waals surface area contributed by atoms with Gasteiger partial charge in [-0.15, -0.1) is 0 Å². The molecule has 3 rings (SSSR count). The van der Waals surface area contributed by atoms with Gasteiger partial charge < -0.3 is 10.1 Å². The summed E-state index contributed by atoms with van der Waals surface area (Å²) in [5, 5.41) is 6.22. The molecular formula is C20H16F3N3O3. The number of esters is 1. The Morgan fingerprint density at radius 3 is 2.38 bits per heavy atom. The standard InChI is InChI=1S/C20H16F3N3O3/c1-13(18(27)25-17-6-3-2-5-16(17)20(21,22)23)29-19(28)14-7-9-15(10-8-14)26-12-4-11-24-26/h2-13H,1H3,(H,25,27)/t13-/m0/s1. The van der Waals surface area contributed by atoms with Crippen molar-refractivity contribution in [3.8, 4) is 5.69 Å². The number of anilines is 1. The quantitative estimate of drug-likeness (QED) is 0.652. The number of alkyl halides is 3. The lowest BCUT2D eigenvalue weighted by Gasteiger charge is -2.17. The third-order valence-corrected chi connectivity index (χ3v) is 4.02. The molecule has 0 aliphatic heterocycles. The Labute approximate surface area is 163 Å². The van der Waals surface area contributed by atoms with Crippen molar-refractivity contribution in [2.24, 2.45) is 0 Å². The first-order valence-corrected chi connectivity index (χ1v) is 8.54. The van der Waals surface area contributed by atoms with Crippen LogP contribution in [0.3, 0.4) is 0 Å². The molecule has 0 bridgehead atoms. The smallest absolute Gasteiger partial charge is 0.418 e. The maximum atomic E-state index is 13.0. The molecule has 1 heterocycles. The zero-order valence-corrected chi connectivity index (χ0v) is 15.2. The maximum Gasteiger partial charge on any atom is 0.418 e. The van der Waals surface area contributed by atoms with E-state index in [1.54, 1.807) is 35.3 Å². The van der Waals surface area contributed by atoms with Crippen LogP contribution in [0.1, 0.15) is 22.8 Å². The summed E-state index contributed by atoms with van der Waals surface area (Å²) < 4.78 is 45.7. The number of halogens is 3. The molecule has 29 heavy (non-hydrogen) atoms. The number of carbonyl (C=O) groups excluding carboxylic acids is 2. The molecule has 2 aromatic carbocycles. The fraction of sp³-hybridized carbons (Fsp3) is 0.150. The van der Waals surface area contributed by atoms with Crippen LogP contribution in [0.15, 0.2) is 67.0 Å². The highest BCUT2D eigenvalue weighted by Crippen LogP contribution is 2.34. The van der Waals surface area contributed by atoms with Gasteiger partial charge in [-0.25, -0.2) is 9.48 Å². The van der Waals surface area contributed by atoms with E-state index in [-0.39, 0.29) is 5.56 Å². The monoisotopic (exact) mass is 403 g/mol. The summed E-state index contributed by atoms with van der Waals surface area (Å²) in [7, 11) is 0. The van der Waals surface area contributed by atoms with Crippen LogP contribution < -0.4 is 5.32 Å². The lowest BCUT2D eigenvalue weighted by molar-refractivity contribution is -0.137. The van der Waals surface area contributed by atoms with Gasteiger partial charge in [0.2, 0.25) is 0 Å². The first-order chi connectivity index (χ1) is 13.8. The van der Waals surface area contributed by atoms with Crippen LogP contribution in [0.25, 0.3) is 5.69 Å². The molecular weight excluding hydrogens is 387 g/mol. The predicted molar refractivity (Wildman–Crippen MR) is 98.5 cm³/mol. The van der Waals surface area contributed by atoms with Crippen molar-refractivity contribution in [3.05, 3.63) is 78.1 Å². The predicted octanol–water partition coefficient (Wildman–Crippen LogP) is 4.08. The third-order valence-electron chi connectivity index (χ3n) is 4.02. The summed E-state index contributed by atoms with van der Waals surface area (Å²) in [5.41, 5.74) is -0.477. The molecule has 0 aliphatic rings. The molecule has 0 saturated heterocycles. The molecule has 9 heteroatoms. The van der Waals surface area contributed by atoms with Gasteiger partial charge in [0.25, 0.3) is 5.91 Å². The van der Waals surface area contributed by atoms with Gasteiger partial charge in [0.1, 0.15) is 0 Å². The first-order valence-electron chi connectivity index (χ1n) is 8.54. The number of benzene rings is 2. The fourth-order valence-corrected chi connectivity index (χ4v) is 2.53. The molecule has 150 valence electrons. The van der Waals surface area contributed by atoms with E-state index in [0.717, 1.165) is 17.8 Å². The van der Waals surface area contributed by atoms with Crippen molar-refractivity contribution in [3.63, 3.8) is 0 Å². The van der Waals surface area contributed by atoms with Gasteiger partial charge in [0, 0.05) is 12.4 Å². The van der Waals surface area contributed by atoms with Crippen LogP contribution in [-0.4, -0.2) is 27.8 Å². The second-order valence-corrected chi connectivity index (χ2v) is 6.08. The number of amides is 1. The van der Waals surface area contributed by atoms with Gasteiger partial charge in [0.05, 0.1) is 22.5 Å². The Hall–Kier alpha value is -3.62. The Morgan fingerprint density at radius 1 is 1.07 bits per heavy atom. The van der Waals surface area contributed by atoms with Gasteiger partial charge in [-0.05, 0) is 49.4 Å². The Morgan fingerprint density at radius 2 is 1.76 bits per heavy atom. The molecule has 0 fully saturated rings. The van der Waals surface area contributed by atoms with Gasteiger partial charge in [-0.1, -0.05) is 12.1 Å². The lowest BCUT2D eigenvalue weighted by Crippen LogP contribution is -2.30. The number of para-hydroxylation sites is 1. The number of carbonyl (C=O) groups is 2. The van der Waals surface area contributed by atoms with Crippen LogP contribution in [0.5, 0.6) is 0 Å². The van der Waals surface area contributed by atoms with E-state index in [2.05, 4.69) is 10.4 Å². The number of nitrogens with zero attached hydrogens (tertiary/aromatic N) is 2. The molecule has 0 unspecified atom stereocenters. The van der Waals surface area contributed by atoms with E-state index in [9.17, 15) is 22.8 Å². The van der Waals surface area contributed by atoms with Gasteiger partial charge in [0.15, 0.2) is 6.10 Å². The maximum absolute atomic E-state index is 13.0. The second-order valence-electron chi connectivity index (χ2n) is 6.08. The van der Waals surface area contributed by atoms with Crippen molar-refractivity contribution in [1.29, 1.82) is 0 Å². The van der Waals surface area contributed by atoms with E-state index < -0.39 is 35.4 Å². The van der Waals surface area contributed by atoms with E-state index in [4.69, 9.17) is 4.74 Å². The number of aromatic nitrogens is 2. The van der Waals surface area contributed by atoms with Gasteiger partial charge in [-0.3, -0.25) is 4.79 Å². The topological polar surface area (TPSA) is 73.2 Å². The molecule has 0 saturated carbocycles. The number of nitrogens with one attached hydrogen (secondary N) is 1. The number of hydrogen-bond acceptors (Lipinski definition) is 4. The summed E-state index contributed by atoms with van der Waals surface area (Å²) in [6.07, 6.45) is -2.58. The summed E-state index contributed by atoms with van der Waals surface area (Å²) in [4.78, 5) is 24.4. The largest absolute Gasteiger partial charge is 0.449 e. The summed E-state index contributed by atoms with van der Waals surface area (Å²) in [6, 6.07) is 12.6. The van der Waals surface area contributed by atoms with Crippen LogP contribution in [-0.2, 0) is 15.7 Å². The number of ether oxygens (including phenoxy) is 1. The first kappa shape index (κ1) is 20.1. The molecule has 1 atom stereocenters. The summed E-state index contributed by atoms with van der Waals surface area (Å²) in [5.74, 6) is -1.65. The van der Waals surface area contributed by atoms with E-state index in [0.29, 0.717) is 0 Å². The van der Waals surface area contributed by atoms with E-state index in [1.807, 2.05) is 0 Å². The third kappa shape index (κ3) is 4.81. The highest BCUT2D eigenvalue weighted by atomic mass is 19.4. The summed E-state index contributed by atoms with van der Waals surface area (Å²) in [6.45, 7) is 1.28. The minimum atomic E-state index is -4.62. The molecule has 1 aromatic heterocycles. The van der Waals surface area contributed by atoms with Crippen molar-refractivity contribution in [2.75, 3.05) is 5.32 Å².